The molecule has 1 aliphatic rings. The summed E-state index contributed by atoms with van der Waals surface area (Å²) in [6.07, 6.45) is 1.97. The molecule has 2 aromatic rings. The Morgan fingerprint density at radius 1 is 1.17 bits per heavy atom. The second-order valence-corrected chi connectivity index (χ2v) is 8.26. The van der Waals surface area contributed by atoms with E-state index in [-0.39, 0.29) is 23.9 Å². The molecule has 0 aliphatic carbocycles. The van der Waals surface area contributed by atoms with Crippen molar-refractivity contribution in [1.29, 1.82) is 0 Å². The van der Waals surface area contributed by atoms with Gasteiger partial charge >= 0.3 is 6.03 Å². The van der Waals surface area contributed by atoms with Crippen molar-refractivity contribution in [2.24, 2.45) is 0 Å². The van der Waals surface area contributed by atoms with Gasteiger partial charge in [0.05, 0.1) is 0 Å². The zero-order chi connectivity index (χ0) is 20.8. The van der Waals surface area contributed by atoms with Crippen LogP contribution in [0.3, 0.4) is 0 Å². The molecule has 6 heteroatoms. The molecule has 3 rings (SSSR count). The van der Waals surface area contributed by atoms with Crippen molar-refractivity contribution in [3.05, 3.63) is 70.2 Å². The van der Waals surface area contributed by atoms with Gasteiger partial charge in [-0.2, -0.15) is 0 Å². The van der Waals surface area contributed by atoms with Crippen LogP contribution in [0.5, 0.6) is 0 Å². The first-order chi connectivity index (χ1) is 13.9. The molecule has 0 radical (unpaired) electrons. The van der Waals surface area contributed by atoms with Crippen LogP contribution in [-0.2, 0) is 6.54 Å². The first-order valence-corrected chi connectivity index (χ1v) is 10.5. The fraction of sp³-hybridized carbons (Fsp3) is 0.391. The van der Waals surface area contributed by atoms with Crippen LogP contribution >= 0.6 is 11.6 Å². The summed E-state index contributed by atoms with van der Waals surface area (Å²) >= 11 is 6.00. The van der Waals surface area contributed by atoms with E-state index in [9.17, 15) is 9.59 Å². The zero-order valence-electron chi connectivity index (χ0n) is 17.0. The topological polar surface area (TPSA) is 61.4 Å². The number of urea groups is 1. The molecule has 154 valence electrons. The molecule has 0 unspecified atom stereocenters. The van der Waals surface area contributed by atoms with Gasteiger partial charge in [0.1, 0.15) is 0 Å². The molecule has 0 bridgehead atoms. The summed E-state index contributed by atoms with van der Waals surface area (Å²) < 4.78 is 0. The van der Waals surface area contributed by atoms with Crippen molar-refractivity contribution in [2.45, 2.75) is 45.2 Å². The molecule has 0 saturated carbocycles. The monoisotopic (exact) mass is 413 g/mol. The number of halogens is 1. The van der Waals surface area contributed by atoms with E-state index in [1.807, 2.05) is 67.3 Å². The molecule has 29 heavy (non-hydrogen) atoms. The number of hydrogen-bond donors (Lipinski definition) is 2. The lowest BCUT2D eigenvalue weighted by Crippen LogP contribution is -2.47. The van der Waals surface area contributed by atoms with Gasteiger partial charge in [0, 0.05) is 42.2 Å². The Hall–Kier alpha value is -2.53. The summed E-state index contributed by atoms with van der Waals surface area (Å²) in [4.78, 5) is 26.8. The van der Waals surface area contributed by atoms with Crippen LogP contribution in [0.25, 0.3) is 0 Å². The zero-order valence-corrected chi connectivity index (χ0v) is 17.7. The van der Waals surface area contributed by atoms with Crippen LogP contribution in [0.2, 0.25) is 5.02 Å². The van der Waals surface area contributed by atoms with Crippen LogP contribution in [0.4, 0.5) is 4.79 Å². The van der Waals surface area contributed by atoms with Gasteiger partial charge in [0.2, 0.25) is 0 Å². The second-order valence-electron chi connectivity index (χ2n) is 7.83. The third-order valence-corrected chi connectivity index (χ3v) is 5.32. The van der Waals surface area contributed by atoms with E-state index < -0.39 is 0 Å². The third kappa shape index (κ3) is 5.97. The normalized spacial score (nSPS) is 16.6. The molecule has 0 aromatic heterocycles. The van der Waals surface area contributed by atoms with Crippen molar-refractivity contribution < 1.29 is 9.59 Å². The van der Waals surface area contributed by atoms with Crippen LogP contribution in [0.1, 0.15) is 54.1 Å². The van der Waals surface area contributed by atoms with Crippen molar-refractivity contribution in [2.75, 3.05) is 13.1 Å². The minimum Gasteiger partial charge on any atom is -0.348 e. The molecule has 1 saturated heterocycles. The highest BCUT2D eigenvalue weighted by molar-refractivity contribution is 6.30. The number of nitrogens with one attached hydrogen (secondary N) is 2. The summed E-state index contributed by atoms with van der Waals surface area (Å²) in [7, 11) is 0. The van der Waals surface area contributed by atoms with E-state index in [4.69, 9.17) is 11.6 Å². The average molecular weight is 414 g/mol. The van der Waals surface area contributed by atoms with Crippen LogP contribution in [-0.4, -0.2) is 36.0 Å². The van der Waals surface area contributed by atoms with Gasteiger partial charge < -0.3 is 15.5 Å². The minimum absolute atomic E-state index is 0.0138. The summed E-state index contributed by atoms with van der Waals surface area (Å²) in [5.74, 6) is 0.124. The quantitative estimate of drug-likeness (QED) is 0.754. The standard InChI is InChI=1S/C23H28ClN3O2/c1-16(2)26-23(29)27-11-5-9-20(15-27)18-7-4-8-19(13-18)22(28)25-14-17-6-3-10-21(24)12-17/h3-4,6-8,10,12-13,16,20H,5,9,11,14-15H2,1-2H3,(H,25,28)(H,26,29)/t20-/m1/s1. The largest absolute Gasteiger partial charge is 0.348 e. The lowest BCUT2D eigenvalue weighted by atomic mass is 9.89. The van der Waals surface area contributed by atoms with Crippen molar-refractivity contribution in [3.8, 4) is 0 Å². The number of rotatable bonds is 5. The summed E-state index contributed by atoms with van der Waals surface area (Å²) in [5.41, 5.74) is 2.69. The van der Waals surface area contributed by atoms with E-state index >= 15 is 0 Å². The lowest BCUT2D eigenvalue weighted by molar-refractivity contribution is 0.0950. The highest BCUT2D eigenvalue weighted by Crippen LogP contribution is 2.27. The number of benzene rings is 2. The predicted octanol–water partition coefficient (Wildman–Crippen LogP) is 4.57. The molecule has 1 atom stereocenters. The van der Waals surface area contributed by atoms with Crippen LogP contribution in [0.15, 0.2) is 48.5 Å². The first-order valence-electron chi connectivity index (χ1n) is 10.1. The molecule has 1 fully saturated rings. The van der Waals surface area contributed by atoms with Gasteiger partial charge in [0.25, 0.3) is 5.91 Å². The number of piperidine rings is 1. The minimum atomic E-state index is -0.114. The van der Waals surface area contributed by atoms with Crippen molar-refractivity contribution in [3.63, 3.8) is 0 Å². The highest BCUT2D eigenvalue weighted by atomic mass is 35.5. The SMILES string of the molecule is CC(C)NC(=O)N1CCC[C@@H](c2cccc(C(=O)NCc3cccc(Cl)c3)c2)C1. The maximum absolute atomic E-state index is 12.6. The van der Waals surface area contributed by atoms with Gasteiger partial charge in [0.15, 0.2) is 0 Å². The molecule has 5 nitrogen and oxygen atoms in total. The van der Waals surface area contributed by atoms with Crippen molar-refractivity contribution >= 4 is 23.5 Å². The number of likely N-dealkylation sites (tertiary alicyclic amines) is 1. The van der Waals surface area contributed by atoms with E-state index in [1.54, 1.807) is 0 Å². The van der Waals surface area contributed by atoms with Crippen LogP contribution < -0.4 is 10.6 Å². The summed E-state index contributed by atoms with van der Waals surface area (Å²) in [6.45, 7) is 5.80. The van der Waals surface area contributed by atoms with Crippen molar-refractivity contribution in [1.82, 2.24) is 15.5 Å². The van der Waals surface area contributed by atoms with E-state index in [2.05, 4.69) is 10.6 Å². The predicted molar refractivity (Wildman–Crippen MR) is 116 cm³/mol. The van der Waals surface area contributed by atoms with E-state index in [0.717, 1.165) is 30.5 Å². The van der Waals surface area contributed by atoms with Gasteiger partial charge in [-0.1, -0.05) is 35.9 Å². The number of amides is 3. The maximum atomic E-state index is 12.6. The van der Waals surface area contributed by atoms with Gasteiger partial charge in [-0.15, -0.1) is 0 Å². The molecule has 2 N–H and O–H groups in total. The number of carbonyl (C=O) groups excluding carboxylic acids is 2. The fourth-order valence-electron chi connectivity index (χ4n) is 3.64. The van der Waals surface area contributed by atoms with Gasteiger partial charge in [-0.05, 0) is 62.1 Å². The third-order valence-electron chi connectivity index (χ3n) is 5.08. The second kappa shape index (κ2) is 9.79. The Balaban J connectivity index is 1.63. The number of hydrogen-bond acceptors (Lipinski definition) is 2. The average Bonchev–Trinajstić information content (AvgIpc) is 2.72. The smallest absolute Gasteiger partial charge is 0.317 e. The molecule has 2 aromatic carbocycles. The first kappa shape index (κ1) is 21.2. The number of carbonyl (C=O) groups is 2. The Labute approximate surface area is 177 Å². The van der Waals surface area contributed by atoms with E-state index in [0.29, 0.717) is 23.7 Å². The number of nitrogens with zero attached hydrogens (tertiary/aromatic N) is 1. The maximum Gasteiger partial charge on any atom is 0.317 e. The molecular formula is C23H28ClN3O2. The Morgan fingerprint density at radius 2 is 1.97 bits per heavy atom. The molecular weight excluding hydrogens is 386 g/mol. The summed E-state index contributed by atoms with van der Waals surface area (Å²) in [6, 6.07) is 15.3. The van der Waals surface area contributed by atoms with Crippen LogP contribution in [0, 0.1) is 0 Å². The lowest BCUT2D eigenvalue weighted by Gasteiger charge is -2.33. The summed E-state index contributed by atoms with van der Waals surface area (Å²) in [5, 5.41) is 6.57. The Morgan fingerprint density at radius 3 is 2.72 bits per heavy atom. The fourth-order valence-corrected chi connectivity index (χ4v) is 3.85. The van der Waals surface area contributed by atoms with E-state index in [1.165, 1.54) is 0 Å². The Kier molecular flexibility index (Phi) is 7.15. The molecule has 3 amide bonds. The van der Waals surface area contributed by atoms with Gasteiger partial charge in [-0.3, -0.25) is 4.79 Å². The molecule has 0 spiro atoms. The molecule has 1 aliphatic heterocycles. The molecule has 1 heterocycles. The van der Waals surface area contributed by atoms with Gasteiger partial charge in [-0.25, -0.2) is 4.79 Å². The Bertz CT molecular complexity index is 869. The highest BCUT2D eigenvalue weighted by Gasteiger charge is 2.25.